The second kappa shape index (κ2) is 7.92. The van der Waals surface area contributed by atoms with Crippen molar-refractivity contribution < 1.29 is 0 Å². The van der Waals surface area contributed by atoms with Gasteiger partial charge in [0.2, 0.25) is 0 Å². The highest BCUT2D eigenvalue weighted by atomic mass is 15.2. The summed E-state index contributed by atoms with van der Waals surface area (Å²) in [6.45, 7) is 2.77. The lowest BCUT2D eigenvalue weighted by Gasteiger charge is -2.22. The summed E-state index contributed by atoms with van der Waals surface area (Å²) < 4.78 is 0. The van der Waals surface area contributed by atoms with E-state index >= 15 is 0 Å². The number of hydrogen-bond donors (Lipinski definition) is 2. The molecule has 1 aliphatic heterocycles. The van der Waals surface area contributed by atoms with Gasteiger partial charge in [-0.3, -0.25) is 0 Å². The van der Waals surface area contributed by atoms with Crippen molar-refractivity contribution in [1.29, 1.82) is 0 Å². The molecule has 3 rings (SSSR count). The predicted molar refractivity (Wildman–Crippen MR) is 94.6 cm³/mol. The van der Waals surface area contributed by atoms with Crippen LogP contribution in [0.15, 0.2) is 42.6 Å². The Balaban J connectivity index is 1.63. The van der Waals surface area contributed by atoms with E-state index in [1.807, 2.05) is 42.6 Å². The molecule has 3 N–H and O–H groups in total. The largest absolute Gasteiger partial charge is 0.383 e. The summed E-state index contributed by atoms with van der Waals surface area (Å²) in [7, 11) is 0. The second-order valence-electron chi connectivity index (χ2n) is 6.03. The van der Waals surface area contributed by atoms with E-state index in [4.69, 9.17) is 10.7 Å². The van der Waals surface area contributed by atoms with Gasteiger partial charge in [0.1, 0.15) is 11.6 Å². The third-order valence-electron chi connectivity index (χ3n) is 4.22. The zero-order chi connectivity index (χ0) is 15.9. The number of benzene rings is 1. The Morgan fingerprint density at radius 3 is 2.52 bits per heavy atom. The van der Waals surface area contributed by atoms with Crippen molar-refractivity contribution in [3.8, 4) is 0 Å². The average molecular weight is 311 g/mol. The third-order valence-corrected chi connectivity index (χ3v) is 4.22. The van der Waals surface area contributed by atoms with Crippen LogP contribution >= 0.6 is 0 Å². The molecule has 1 saturated heterocycles. The number of nitrogens with two attached hydrogens (primary N) is 1. The Labute approximate surface area is 137 Å². The average Bonchev–Trinajstić information content (AvgIpc) is 2.90. The summed E-state index contributed by atoms with van der Waals surface area (Å²) in [6, 6.07) is 11.8. The molecule has 0 radical (unpaired) electrons. The van der Waals surface area contributed by atoms with Crippen LogP contribution in [-0.2, 0) is 0 Å². The van der Waals surface area contributed by atoms with Gasteiger partial charge in [-0.2, -0.15) is 0 Å². The summed E-state index contributed by atoms with van der Waals surface area (Å²) in [6.07, 6.45) is 6.93. The molecule has 1 aromatic carbocycles. The summed E-state index contributed by atoms with van der Waals surface area (Å²) in [5.41, 5.74) is 7.33. The maximum absolute atomic E-state index is 6.27. The number of nitrogens with one attached hydrogen (secondary N) is 1. The fourth-order valence-electron chi connectivity index (χ4n) is 2.89. The molecule has 0 bridgehead atoms. The Morgan fingerprint density at radius 2 is 1.78 bits per heavy atom. The molecule has 2 heterocycles. The minimum absolute atomic E-state index is 0.220. The number of nitrogens with zero attached hydrogens (tertiary/aromatic N) is 3. The van der Waals surface area contributed by atoms with Crippen LogP contribution in [0.1, 0.15) is 37.5 Å². The van der Waals surface area contributed by atoms with Crippen LogP contribution < -0.4 is 16.0 Å². The predicted octanol–water partition coefficient (Wildman–Crippen LogP) is 2.97. The lowest BCUT2D eigenvalue weighted by Crippen LogP contribution is -2.27. The summed E-state index contributed by atoms with van der Waals surface area (Å²) in [5, 5.41) is 3.33. The maximum atomic E-state index is 6.27. The van der Waals surface area contributed by atoms with Gasteiger partial charge in [-0.25, -0.2) is 9.97 Å². The number of para-hydroxylation sites is 1. The van der Waals surface area contributed by atoms with E-state index in [1.54, 1.807) is 0 Å². The lowest BCUT2D eigenvalue weighted by molar-refractivity contribution is 0.690. The fourth-order valence-corrected chi connectivity index (χ4v) is 2.89. The van der Waals surface area contributed by atoms with E-state index < -0.39 is 0 Å². The first-order valence-electron chi connectivity index (χ1n) is 8.45. The van der Waals surface area contributed by atoms with E-state index in [9.17, 15) is 0 Å². The Hall–Kier alpha value is -2.14. The molecular formula is C18H25N5. The minimum Gasteiger partial charge on any atom is -0.383 e. The van der Waals surface area contributed by atoms with Crippen molar-refractivity contribution in [2.24, 2.45) is 5.73 Å². The van der Waals surface area contributed by atoms with Gasteiger partial charge in [0.15, 0.2) is 0 Å². The van der Waals surface area contributed by atoms with Gasteiger partial charge < -0.3 is 16.0 Å². The highest BCUT2D eigenvalue weighted by Gasteiger charge is 2.14. The van der Waals surface area contributed by atoms with Crippen LogP contribution in [0.2, 0.25) is 0 Å². The van der Waals surface area contributed by atoms with Crippen LogP contribution in [0.5, 0.6) is 0 Å². The van der Waals surface area contributed by atoms with Crippen molar-refractivity contribution in [1.82, 2.24) is 9.97 Å². The quantitative estimate of drug-likeness (QED) is 0.888. The van der Waals surface area contributed by atoms with Crippen LogP contribution in [-0.4, -0.2) is 29.6 Å². The molecule has 1 aliphatic rings. The Morgan fingerprint density at radius 1 is 1.04 bits per heavy atom. The van der Waals surface area contributed by atoms with Crippen LogP contribution in [0, 0.1) is 0 Å². The number of aromatic nitrogens is 2. The molecule has 1 atom stereocenters. The smallest absolute Gasteiger partial charge is 0.149 e. The molecule has 1 aromatic heterocycles. The molecule has 23 heavy (non-hydrogen) atoms. The first-order valence-corrected chi connectivity index (χ1v) is 8.45. The Bertz CT molecular complexity index is 593. The fraction of sp³-hybridized carbons (Fsp3) is 0.444. The van der Waals surface area contributed by atoms with E-state index in [-0.39, 0.29) is 6.04 Å². The van der Waals surface area contributed by atoms with Crippen molar-refractivity contribution in [2.75, 3.05) is 29.9 Å². The third kappa shape index (κ3) is 4.42. The molecule has 1 unspecified atom stereocenters. The molecule has 0 aliphatic carbocycles. The van der Waals surface area contributed by atoms with Gasteiger partial charge in [0.25, 0.3) is 0 Å². The van der Waals surface area contributed by atoms with E-state index in [0.29, 0.717) is 12.4 Å². The van der Waals surface area contributed by atoms with Crippen molar-refractivity contribution >= 4 is 11.5 Å². The van der Waals surface area contributed by atoms with Gasteiger partial charge in [-0.15, -0.1) is 0 Å². The monoisotopic (exact) mass is 311 g/mol. The van der Waals surface area contributed by atoms with E-state index in [2.05, 4.69) is 15.2 Å². The standard InChI is InChI=1S/C18H25N5/c19-16(14-21-15-8-4-3-5-9-15)18-20-11-10-17(22-18)23-12-6-1-2-7-13-23/h3-5,8-11,16,21H,1-2,6-7,12-14,19H2. The SMILES string of the molecule is NC(CNc1ccccc1)c1nccc(N2CCCCCC2)n1. The number of hydrogen-bond acceptors (Lipinski definition) is 5. The van der Waals surface area contributed by atoms with Crippen LogP contribution in [0.3, 0.4) is 0 Å². The normalized spacial score (nSPS) is 16.7. The summed E-state index contributed by atoms with van der Waals surface area (Å²) >= 11 is 0. The molecule has 122 valence electrons. The molecule has 1 fully saturated rings. The summed E-state index contributed by atoms with van der Waals surface area (Å²) in [5.74, 6) is 1.71. The molecule has 0 amide bonds. The molecule has 5 heteroatoms. The van der Waals surface area contributed by atoms with Crippen molar-refractivity contribution in [3.05, 3.63) is 48.4 Å². The van der Waals surface area contributed by atoms with Crippen LogP contribution in [0.25, 0.3) is 0 Å². The zero-order valence-electron chi connectivity index (χ0n) is 13.5. The van der Waals surface area contributed by atoms with Crippen LogP contribution in [0.4, 0.5) is 11.5 Å². The number of anilines is 2. The summed E-state index contributed by atoms with van der Waals surface area (Å²) in [4.78, 5) is 11.4. The molecule has 0 spiro atoms. The highest BCUT2D eigenvalue weighted by molar-refractivity contribution is 5.43. The molecule has 0 saturated carbocycles. The lowest BCUT2D eigenvalue weighted by atomic mass is 10.2. The Kier molecular flexibility index (Phi) is 5.42. The van der Waals surface area contributed by atoms with E-state index in [0.717, 1.165) is 24.6 Å². The minimum atomic E-state index is -0.220. The van der Waals surface area contributed by atoms with Crippen molar-refractivity contribution in [3.63, 3.8) is 0 Å². The first-order chi connectivity index (χ1) is 11.3. The molecule has 5 nitrogen and oxygen atoms in total. The first kappa shape index (κ1) is 15.7. The zero-order valence-corrected chi connectivity index (χ0v) is 13.5. The van der Waals surface area contributed by atoms with Gasteiger partial charge in [-0.05, 0) is 31.0 Å². The molecular weight excluding hydrogens is 286 g/mol. The number of rotatable bonds is 5. The topological polar surface area (TPSA) is 67.1 Å². The van der Waals surface area contributed by atoms with Gasteiger partial charge in [-0.1, -0.05) is 31.0 Å². The maximum Gasteiger partial charge on any atom is 0.149 e. The van der Waals surface area contributed by atoms with Gasteiger partial charge in [0.05, 0.1) is 6.04 Å². The van der Waals surface area contributed by atoms with Gasteiger partial charge >= 0.3 is 0 Å². The van der Waals surface area contributed by atoms with Gasteiger partial charge in [0, 0.05) is 31.5 Å². The second-order valence-corrected chi connectivity index (χ2v) is 6.03. The highest BCUT2D eigenvalue weighted by Crippen LogP contribution is 2.18. The van der Waals surface area contributed by atoms with E-state index in [1.165, 1.54) is 25.7 Å². The van der Waals surface area contributed by atoms with Crippen molar-refractivity contribution in [2.45, 2.75) is 31.7 Å². The molecule has 2 aromatic rings.